The Morgan fingerprint density at radius 2 is 2.57 bits per heavy atom. The zero-order valence-electron chi connectivity index (χ0n) is 8.18. The number of allylic oxidation sites excluding steroid dienone is 1. The van der Waals surface area contributed by atoms with Gasteiger partial charge in [-0.2, -0.15) is 8.75 Å². The molecule has 0 radical (unpaired) electrons. The molecule has 1 aliphatic carbocycles. The Bertz CT molecular complexity index is 323. The lowest BCUT2D eigenvalue weighted by Crippen LogP contribution is -2.32. The topological polar surface area (TPSA) is 46.0 Å². The fourth-order valence-electron chi connectivity index (χ4n) is 1.72. The largest absolute Gasteiger partial charge is 0.385 e. The lowest BCUT2D eigenvalue weighted by molar-refractivity contribution is 0.0692. The molecule has 2 unspecified atom stereocenters. The molecular formula is C10H14N2OS. The molecule has 0 aromatic carbocycles. The summed E-state index contributed by atoms with van der Waals surface area (Å²) in [5, 5.41) is 10.2. The van der Waals surface area contributed by atoms with Crippen molar-refractivity contribution >= 4 is 11.7 Å². The minimum absolute atomic E-state index is 0.587. The van der Waals surface area contributed by atoms with E-state index >= 15 is 0 Å². The first-order valence-electron chi connectivity index (χ1n) is 4.86. The summed E-state index contributed by atoms with van der Waals surface area (Å²) in [6.07, 6.45) is 8.19. The highest BCUT2D eigenvalue weighted by molar-refractivity contribution is 6.99. The van der Waals surface area contributed by atoms with E-state index in [1.807, 2.05) is 6.08 Å². The highest BCUT2D eigenvalue weighted by Gasteiger charge is 2.28. The van der Waals surface area contributed by atoms with E-state index in [9.17, 15) is 5.11 Å². The van der Waals surface area contributed by atoms with Crippen molar-refractivity contribution in [2.75, 3.05) is 0 Å². The van der Waals surface area contributed by atoms with Gasteiger partial charge < -0.3 is 5.11 Å². The molecule has 1 aliphatic rings. The van der Waals surface area contributed by atoms with Crippen molar-refractivity contribution in [3.8, 4) is 0 Å². The molecule has 1 aromatic rings. The summed E-state index contributed by atoms with van der Waals surface area (Å²) in [7, 11) is 0. The average molecular weight is 210 g/mol. The summed E-state index contributed by atoms with van der Waals surface area (Å²) >= 11 is 1.19. The molecule has 0 saturated heterocycles. The minimum Gasteiger partial charge on any atom is -0.385 e. The smallest absolute Gasteiger partial charge is 0.0884 e. The first-order valence-corrected chi connectivity index (χ1v) is 5.59. The fraction of sp³-hybridized carbons (Fsp3) is 0.600. The third-order valence-corrected chi connectivity index (χ3v) is 3.18. The molecule has 0 spiro atoms. The van der Waals surface area contributed by atoms with Gasteiger partial charge in [0, 0.05) is 6.42 Å². The van der Waals surface area contributed by atoms with Gasteiger partial charge in [0.15, 0.2) is 0 Å². The fourth-order valence-corrected chi connectivity index (χ4v) is 2.16. The van der Waals surface area contributed by atoms with E-state index < -0.39 is 5.60 Å². The van der Waals surface area contributed by atoms with Crippen molar-refractivity contribution in [1.29, 1.82) is 0 Å². The Hall–Kier alpha value is -0.740. The third kappa shape index (κ3) is 2.19. The number of hydrogen-bond acceptors (Lipinski definition) is 4. The molecule has 2 rings (SSSR count). The lowest BCUT2D eigenvalue weighted by Gasteiger charge is -2.28. The van der Waals surface area contributed by atoms with Gasteiger partial charge in [0.25, 0.3) is 0 Å². The van der Waals surface area contributed by atoms with Gasteiger partial charge in [-0.15, -0.1) is 0 Å². The highest BCUT2D eigenvalue weighted by atomic mass is 32.1. The van der Waals surface area contributed by atoms with Crippen LogP contribution in [0.25, 0.3) is 0 Å². The van der Waals surface area contributed by atoms with Crippen molar-refractivity contribution in [2.24, 2.45) is 5.92 Å². The van der Waals surface area contributed by atoms with Crippen LogP contribution in [0.3, 0.4) is 0 Å². The van der Waals surface area contributed by atoms with Crippen molar-refractivity contribution in [3.63, 3.8) is 0 Å². The van der Waals surface area contributed by atoms with Crippen molar-refractivity contribution in [1.82, 2.24) is 8.75 Å². The van der Waals surface area contributed by atoms with Crippen LogP contribution >= 0.6 is 11.7 Å². The first-order chi connectivity index (χ1) is 6.68. The second kappa shape index (κ2) is 3.79. The molecule has 1 heterocycles. The second-order valence-corrected chi connectivity index (χ2v) is 4.61. The molecule has 76 valence electrons. The van der Waals surface area contributed by atoms with Gasteiger partial charge >= 0.3 is 0 Å². The molecule has 3 nitrogen and oxygen atoms in total. The molecule has 14 heavy (non-hydrogen) atoms. The Kier molecular flexibility index (Phi) is 2.65. The number of nitrogens with zero attached hydrogens (tertiary/aromatic N) is 2. The van der Waals surface area contributed by atoms with Crippen LogP contribution in [0.1, 0.15) is 25.5 Å². The monoisotopic (exact) mass is 210 g/mol. The number of aromatic nitrogens is 2. The second-order valence-electron chi connectivity index (χ2n) is 4.05. The average Bonchev–Trinajstić information content (AvgIpc) is 2.63. The van der Waals surface area contributed by atoms with Gasteiger partial charge in [-0.05, 0) is 18.8 Å². The summed E-state index contributed by atoms with van der Waals surface area (Å²) in [5.74, 6) is 0.587. The first kappa shape index (κ1) is 9.80. The number of hydrogen-bond donors (Lipinski definition) is 1. The van der Waals surface area contributed by atoms with Crippen LogP contribution in [0, 0.1) is 5.92 Å². The Morgan fingerprint density at radius 3 is 3.14 bits per heavy atom. The summed E-state index contributed by atoms with van der Waals surface area (Å²) in [5.41, 5.74) is 0.194. The molecule has 0 amide bonds. The van der Waals surface area contributed by atoms with Crippen LogP contribution in [0.2, 0.25) is 0 Å². The van der Waals surface area contributed by atoms with Crippen LogP contribution in [-0.4, -0.2) is 19.5 Å². The summed E-state index contributed by atoms with van der Waals surface area (Å²) < 4.78 is 8.04. The SMILES string of the molecule is CC1C=CC(O)(Cc2cnsn2)CC1. The van der Waals surface area contributed by atoms with Crippen molar-refractivity contribution in [2.45, 2.75) is 31.8 Å². The van der Waals surface area contributed by atoms with E-state index in [2.05, 4.69) is 21.7 Å². The molecule has 0 aliphatic heterocycles. The minimum atomic E-state index is -0.692. The van der Waals surface area contributed by atoms with Gasteiger partial charge in [0.1, 0.15) is 0 Å². The van der Waals surface area contributed by atoms with Crippen molar-refractivity contribution in [3.05, 3.63) is 24.0 Å². The summed E-state index contributed by atoms with van der Waals surface area (Å²) in [4.78, 5) is 0. The van der Waals surface area contributed by atoms with Crippen molar-refractivity contribution < 1.29 is 5.11 Å². The lowest BCUT2D eigenvalue weighted by atomic mass is 9.83. The van der Waals surface area contributed by atoms with Gasteiger partial charge in [0.05, 0.1) is 29.2 Å². The van der Waals surface area contributed by atoms with Crippen LogP contribution in [0.5, 0.6) is 0 Å². The molecule has 0 bridgehead atoms. The van der Waals surface area contributed by atoms with Gasteiger partial charge in [-0.3, -0.25) is 0 Å². The maximum atomic E-state index is 10.2. The van der Waals surface area contributed by atoms with E-state index in [1.54, 1.807) is 6.20 Å². The number of rotatable bonds is 2. The van der Waals surface area contributed by atoms with E-state index in [0.29, 0.717) is 12.3 Å². The van der Waals surface area contributed by atoms with Crippen LogP contribution in [0.15, 0.2) is 18.3 Å². The number of aliphatic hydroxyl groups is 1. The predicted octanol–water partition coefficient (Wildman–Crippen LogP) is 1.80. The zero-order valence-corrected chi connectivity index (χ0v) is 9.00. The van der Waals surface area contributed by atoms with E-state index in [0.717, 1.165) is 18.5 Å². The standard InChI is InChI=1S/C10H14N2OS/c1-8-2-4-10(13,5-3-8)6-9-7-11-14-12-9/h2,4,7-8,13H,3,5-6H2,1H3. The highest BCUT2D eigenvalue weighted by Crippen LogP contribution is 2.28. The van der Waals surface area contributed by atoms with Crippen LogP contribution in [-0.2, 0) is 6.42 Å². The summed E-state index contributed by atoms with van der Waals surface area (Å²) in [6, 6.07) is 0. The normalized spacial score (nSPS) is 32.0. The van der Waals surface area contributed by atoms with E-state index in [1.165, 1.54) is 11.7 Å². The Labute approximate surface area is 87.8 Å². The zero-order chi connectivity index (χ0) is 10.0. The molecular weight excluding hydrogens is 196 g/mol. The Balaban J connectivity index is 2.07. The van der Waals surface area contributed by atoms with Gasteiger partial charge in [-0.25, -0.2) is 0 Å². The van der Waals surface area contributed by atoms with E-state index in [4.69, 9.17) is 0 Å². The third-order valence-electron chi connectivity index (χ3n) is 2.66. The quantitative estimate of drug-likeness (QED) is 0.757. The summed E-state index contributed by atoms with van der Waals surface area (Å²) in [6.45, 7) is 2.17. The maximum absolute atomic E-state index is 10.2. The van der Waals surface area contributed by atoms with Gasteiger partial charge in [0.2, 0.25) is 0 Å². The molecule has 4 heteroatoms. The van der Waals surface area contributed by atoms with Crippen LogP contribution in [0.4, 0.5) is 0 Å². The Morgan fingerprint density at radius 1 is 1.71 bits per heavy atom. The maximum Gasteiger partial charge on any atom is 0.0884 e. The van der Waals surface area contributed by atoms with E-state index in [-0.39, 0.29) is 0 Å². The molecule has 2 atom stereocenters. The van der Waals surface area contributed by atoms with Crippen LogP contribution < -0.4 is 0 Å². The van der Waals surface area contributed by atoms with Gasteiger partial charge in [-0.1, -0.05) is 19.1 Å². The molecule has 0 fully saturated rings. The molecule has 1 aromatic heterocycles. The predicted molar refractivity (Wildman–Crippen MR) is 56.1 cm³/mol. The molecule has 1 N–H and O–H groups in total. The molecule has 0 saturated carbocycles.